The highest BCUT2D eigenvalue weighted by Crippen LogP contribution is 2.21. The van der Waals surface area contributed by atoms with E-state index in [9.17, 15) is 4.39 Å². The molecule has 2 nitrogen and oxygen atoms in total. The van der Waals surface area contributed by atoms with Crippen molar-refractivity contribution in [2.45, 2.75) is 32.1 Å². The fourth-order valence-electron chi connectivity index (χ4n) is 2.50. The fraction of sp³-hybridized carbons (Fsp3) is 0.368. The van der Waals surface area contributed by atoms with Crippen LogP contribution in [0.3, 0.4) is 0 Å². The molecule has 2 N–H and O–H groups in total. The van der Waals surface area contributed by atoms with Crippen molar-refractivity contribution >= 4 is 0 Å². The Labute approximate surface area is 132 Å². The van der Waals surface area contributed by atoms with Crippen LogP contribution in [0.25, 0.3) is 0 Å². The summed E-state index contributed by atoms with van der Waals surface area (Å²) >= 11 is 0. The molecule has 0 spiro atoms. The number of rotatable bonds is 8. The zero-order chi connectivity index (χ0) is 15.8. The maximum Gasteiger partial charge on any atom is 0.123 e. The molecule has 0 aliphatic rings. The van der Waals surface area contributed by atoms with E-state index in [2.05, 4.69) is 19.1 Å². The molecule has 0 bridgehead atoms. The van der Waals surface area contributed by atoms with Crippen molar-refractivity contribution in [2.75, 3.05) is 13.2 Å². The lowest BCUT2D eigenvalue weighted by Crippen LogP contribution is -2.13. The zero-order valence-corrected chi connectivity index (χ0v) is 13.1. The van der Waals surface area contributed by atoms with Gasteiger partial charge in [0.05, 0.1) is 6.61 Å². The number of halogens is 1. The van der Waals surface area contributed by atoms with Crippen LogP contribution in [0.5, 0.6) is 5.75 Å². The first-order chi connectivity index (χ1) is 10.7. The normalized spacial score (nSPS) is 12.1. The Balaban J connectivity index is 1.77. The van der Waals surface area contributed by atoms with E-state index in [1.807, 2.05) is 24.3 Å². The largest absolute Gasteiger partial charge is 0.494 e. The summed E-state index contributed by atoms with van der Waals surface area (Å²) in [6.45, 7) is 3.37. The maximum atomic E-state index is 13.0. The first kappa shape index (κ1) is 16.5. The third kappa shape index (κ3) is 4.85. The van der Waals surface area contributed by atoms with E-state index in [1.165, 1.54) is 17.7 Å². The fourth-order valence-corrected chi connectivity index (χ4v) is 2.50. The highest BCUT2D eigenvalue weighted by molar-refractivity contribution is 5.27. The van der Waals surface area contributed by atoms with Gasteiger partial charge < -0.3 is 10.5 Å². The molecule has 1 atom stereocenters. The van der Waals surface area contributed by atoms with Gasteiger partial charge in [0.2, 0.25) is 0 Å². The van der Waals surface area contributed by atoms with Gasteiger partial charge in [0.15, 0.2) is 0 Å². The molecular formula is C19H24FNO. The molecule has 0 saturated heterocycles. The average molecular weight is 301 g/mol. The molecule has 3 heteroatoms. The number of aryl methyl sites for hydroxylation is 1. The van der Waals surface area contributed by atoms with Gasteiger partial charge in [-0.15, -0.1) is 0 Å². The van der Waals surface area contributed by atoms with E-state index < -0.39 is 0 Å². The monoisotopic (exact) mass is 301 g/mol. The second kappa shape index (κ2) is 8.54. The van der Waals surface area contributed by atoms with Gasteiger partial charge in [0, 0.05) is 0 Å². The Morgan fingerprint density at radius 3 is 2.32 bits per heavy atom. The minimum Gasteiger partial charge on any atom is -0.494 e. The van der Waals surface area contributed by atoms with Crippen molar-refractivity contribution in [2.24, 2.45) is 5.73 Å². The van der Waals surface area contributed by atoms with Crippen LogP contribution in [-0.4, -0.2) is 13.2 Å². The summed E-state index contributed by atoms with van der Waals surface area (Å²) in [5, 5.41) is 0. The molecule has 22 heavy (non-hydrogen) atoms. The Morgan fingerprint density at radius 1 is 1.05 bits per heavy atom. The zero-order valence-electron chi connectivity index (χ0n) is 13.1. The Morgan fingerprint density at radius 2 is 1.73 bits per heavy atom. The van der Waals surface area contributed by atoms with Crippen LogP contribution in [0.4, 0.5) is 4.39 Å². The van der Waals surface area contributed by atoms with Crippen LogP contribution in [0.15, 0.2) is 48.5 Å². The van der Waals surface area contributed by atoms with Crippen LogP contribution in [-0.2, 0) is 6.42 Å². The van der Waals surface area contributed by atoms with Crippen molar-refractivity contribution in [3.63, 3.8) is 0 Å². The predicted octanol–water partition coefficient (Wildman–Crippen LogP) is 4.29. The SMILES string of the molecule is CCc1ccc(OCCCC(CN)c2ccc(F)cc2)cc1. The Bertz CT molecular complexity index is 551. The van der Waals surface area contributed by atoms with E-state index in [1.54, 1.807) is 0 Å². The molecule has 0 aliphatic carbocycles. The van der Waals surface area contributed by atoms with Crippen molar-refractivity contribution in [3.8, 4) is 5.75 Å². The van der Waals surface area contributed by atoms with Gasteiger partial charge >= 0.3 is 0 Å². The smallest absolute Gasteiger partial charge is 0.123 e. The quantitative estimate of drug-likeness (QED) is 0.738. The summed E-state index contributed by atoms with van der Waals surface area (Å²) in [6.07, 6.45) is 2.90. The molecule has 118 valence electrons. The molecule has 0 radical (unpaired) electrons. The molecule has 1 unspecified atom stereocenters. The van der Waals surface area contributed by atoms with Crippen LogP contribution in [0.1, 0.15) is 36.8 Å². The number of nitrogens with two attached hydrogens (primary N) is 1. The van der Waals surface area contributed by atoms with Crippen molar-refractivity contribution in [1.82, 2.24) is 0 Å². The van der Waals surface area contributed by atoms with Crippen LogP contribution in [0, 0.1) is 5.82 Å². The predicted molar refractivity (Wildman–Crippen MR) is 88.7 cm³/mol. The van der Waals surface area contributed by atoms with Crippen molar-refractivity contribution < 1.29 is 9.13 Å². The summed E-state index contributed by atoms with van der Waals surface area (Å²) in [7, 11) is 0. The van der Waals surface area contributed by atoms with Crippen molar-refractivity contribution in [1.29, 1.82) is 0 Å². The standard InChI is InChI=1S/C19H24FNO/c1-2-15-5-11-19(12-6-15)22-13-3-4-17(14-21)16-7-9-18(20)10-8-16/h5-12,17H,2-4,13-14,21H2,1H3. The molecule has 0 saturated carbocycles. The maximum absolute atomic E-state index is 13.0. The number of benzene rings is 2. The first-order valence-electron chi connectivity index (χ1n) is 7.90. The van der Waals surface area contributed by atoms with Gasteiger partial charge in [0.25, 0.3) is 0 Å². The molecule has 2 rings (SSSR count). The van der Waals surface area contributed by atoms with Gasteiger partial charge in [-0.25, -0.2) is 4.39 Å². The summed E-state index contributed by atoms with van der Waals surface area (Å²) in [6, 6.07) is 14.8. The average Bonchev–Trinajstić information content (AvgIpc) is 2.56. The van der Waals surface area contributed by atoms with E-state index in [-0.39, 0.29) is 11.7 Å². The lowest BCUT2D eigenvalue weighted by Gasteiger charge is -2.15. The van der Waals surface area contributed by atoms with Gasteiger partial charge in [0.1, 0.15) is 11.6 Å². The molecule has 2 aromatic rings. The van der Waals surface area contributed by atoms with Gasteiger partial charge in [-0.3, -0.25) is 0 Å². The molecule has 0 fully saturated rings. The van der Waals surface area contributed by atoms with Crippen LogP contribution < -0.4 is 10.5 Å². The lowest BCUT2D eigenvalue weighted by molar-refractivity contribution is 0.301. The molecule has 0 heterocycles. The van der Waals surface area contributed by atoms with Crippen LogP contribution in [0.2, 0.25) is 0 Å². The highest BCUT2D eigenvalue weighted by atomic mass is 19.1. The molecular weight excluding hydrogens is 277 g/mol. The molecule has 0 amide bonds. The second-order valence-corrected chi connectivity index (χ2v) is 5.47. The first-order valence-corrected chi connectivity index (χ1v) is 7.90. The van der Waals surface area contributed by atoms with E-state index >= 15 is 0 Å². The van der Waals surface area contributed by atoms with Gasteiger partial charge in [-0.2, -0.15) is 0 Å². The number of ether oxygens (including phenoxy) is 1. The number of hydrogen-bond acceptors (Lipinski definition) is 2. The van der Waals surface area contributed by atoms with Crippen molar-refractivity contribution in [3.05, 3.63) is 65.5 Å². The van der Waals surface area contributed by atoms with E-state index in [0.717, 1.165) is 30.6 Å². The summed E-state index contributed by atoms with van der Waals surface area (Å²) in [4.78, 5) is 0. The topological polar surface area (TPSA) is 35.2 Å². The Hall–Kier alpha value is -1.87. The molecule has 2 aromatic carbocycles. The Kier molecular flexibility index (Phi) is 6.41. The summed E-state index contributed by atoms with van der Waals surface area (Å²) in [5.74, 6) is 0.952. The third-order valence-electron chi connectivity index (χ3n) is 3.92. The lowest BCUT2D eigenvalue weighted by atomic mass is 9.94. The second-order valence-electron chi connectivity index (χ2n) is 5.47. The van der Waals surface area contributed by atoms with Crippen LogP contribution >= 0.6 is 0 Å². The van der Waals surface area contributed by atoms with Gasteiger partial charge in [-0.05, 0) is 67.1 Å². The molecule has 0 aliphatic heterocycles. The molecule has 0 aromatic heterocycles. The summed E-state index contributed by atoms with van der Waals surface area (Å²) < 4.78 is 18.7. The minimum atomic E-state index is -0.210. The van der Waals surface area contributed by atoms with Gasteiger partial charge in [-0.1, -0.05) is 31.2 Å². The summed E-state index contributed by atoms with van der Waals surface area (Å²) in [5.41, 5.74) is 8.24. The third-order valence-corrected chi connectivity index (χ3v) is 3.92. The number of hydrogen-bond donors (Lipinski definition) is 1. The minimum absolute atomic E-state index is 0.210. The van der Waals surface area contributed by atoms with E-state index in [0.29, 0.717) is 13.2 Å². The highest BCUT2D eigenvalue weighted by Gasteiger charge is 2.09. The van der Waals surface area contributed by atoms with E-state index in [4.69, 9.17) is 10.5 Å².